The Kier molecular flexibility index (Phi) is 3.97. The quantitative estimate of drug-likeness (QED) is 0.414. The van der Waals surface area contributed by atoms with Crippen LogP contribution < -0.4 is 21.5 Å². The van der Waals surface area contributed by atoms with Crippen LogP contribution in [0.4, 0.5) is 0 Å². The van der Waals surface area contributed by atoms with Gasteiger partial charge in [-0.2, -0.15) is 0 Å². The largest absolute Gasteiger partial charge is 1.00 e. The van der Waals surface area contributed by atoms with Crippen LogP contribution in [0.15, 0.2) is 59.2 Å². The molecule has 0 radical (unpaired) electrons. The maximum Gasteiger partial charge on any atom is 0.333 e. The number of benzene rings is 2. The third-order valence-corrected chi connectivity index (χ3v) is 4.19. The fourth-order valence-electron chi connectivity index (χ4n) is 2.58. The molecule has 0 aliphatic carbocycles. The minimum Gasteiger partial charge on any atom is -1.00 e. The molecule has 4 aromatic rings. The number of tetrazole rings is 1. The van der Waals surface area contributed by atoms with E-state index in [1.807, 2.05) is 40.9 Å². The molecule has 6 heteroatoms. The Balaban J connectivity index is 0.00000144. The normalized spacial score (nSPS) is 10.8. The highest BCUT2D eigenvalue weighted by Crippen LogP contribution is 2.19. The average Bonchev–Trinajstić information content (AvgIpc) is 2.92. The lowest BCUT2D eigenvalue weighted by Crippen LogP contribution is -3.00. The Morgan fingerprint density at radius 3 is 2.55 bits per heavy atom. The van der Waals surface area contributed by atoms with Gasteiger partial charge in [-0.1, -0.05) is 40.2 Å². The summed E-state index contributed by atoms with van der Waals surface area (Å²) >= 11 is 3.45. The van der Waals surface area contributed by atoms with Crippen molar-refractivity contribution in [1.29, 1.82) is 0 Å². The van der Waals surface area contributed by atoms with Crippen molar-refractivity contribution >= 4 is 32.3 Å². The zero-order chi connectivity index (χ0) is 14.4. The van der Waals surface area contributed by atoms with Crippen LogP contribution in [-0.4, -0.2) is 15.1 Å². The summed E-state index contributed by atoms with van der Waals surface area (Å²) in [7, 11) is 0. The highest BCUT2D eigenvalue weighted by atomic mass is 79.9. The highest BCUT2D eigenvalue weighted by molar-refractivity contribution is 9.10. The van der Waals surface area contributed by atoms with Crippen molar-refractivity contribution in [3.05, 3.63) is 64.8 Å². The number of hydrogen-bond donors (Lipinski definition) is 0. The van der Waals surface area contributed by atoms with Gasteiger partial charge in [0.1, 0.15) is 17.0 Å². The van der Waals surface area contributed by atoms with E-state index in [9.17, 15) is 0 Å². The molecule has 0 aliphatic heterocycles. The van der Waals surface area contributed by atoms with E-state index in [0.29, 0.717) is 0 Å². The van der Waals surface area contributed by atoms with Crippen LogP contribution >= 0.6 is 15.9 Å². The van der Waals surface area contributed by atoms with Gasteiger partial charge in [-0.3, -0.25) is 0 Å². The van der Waals surface area contributed by atoms with E-state index in [0.717, 1.165) is 21.4 Å². The molecule has 2 aromatic carbocycles. The predicted octanol–water partition coefficient (Wildman–Crippen LogP) is 0.234. The first-order valence-corrected chi connectivity index (χ1v) is 7.45. The van der Waals surface area contributed by atoms with Gasteiger partial charge in [-0.05, 0) is 41.4 Å². The minimum atomic E-state index is 0. The van der Waals surface area contributed by atoms with Gasteiger partial charge in [0.2, 0.25) is 0 Å². The molecule has 4 rings (SSSR count). The Bertz CT molecular complexity index is 961. The second kappa shape index (κ2) is 5.78. The summed E-state index contributed by atoms with van der Waals surface area (Å²) in [5.41, 5.74) is 2.98. The lowest BCUT2D eigenvalue weighted by atomic mass is 10.1. The molecule has 0 saturated heterocycles. The third kappa shape index (κ3) is 2.32. The SMILES string of the molecule is Cc1c2ccccc2c[n+]2c1nnn2-c1ccc(Br)cc1.[Br-]. The van der Waals surface area contributed by atoms with Crippen LogP contribution in [0, 0.1) is 6.92 Å². The molecule has 0 N–H and O–H groups in total. The van der Waals surface area contributed by atoms with E-state index in [2.05, 4.69) is 51.5 Å². The molecular weight excluding hydrogens is 408 g/mol. The van der Waals surface area contributed by atoms with Crippen molar-refractivity contribution in [2.45, 2.75) is 6.92 Å². The average molecular weight is 420 g/mol. The van der Waals surface area contributed by atoms with E-state index in [1.165, 1.54) is 10.8 Å². The van der Waals surface area contributed by atoms with Gasteiger partial charge >= 0.3 is 5.65 Å². The molecule has 0 fully saturated rings. The number of pyridine rings is 1. The second-order valence-electron chi connectivity index (χ2n) is 4.96. The van der Waals surface area contributed by atoms with E-state index >= 15 is 0 Å². The Morgan fingerprint density at radius 1 is 1.05 bits per heavy atom. The van der Waals surface area contributed by atoms with Crippen LogP contribution in [0.25, 0.3) is 22.1 Å². The van der Waals surface area contributed by atoms with Crippen molar-refractivity contribution in [3.8, 4) is 5.69 Å². The van der Waals surface area contributed by atoms with Crippen molar-refractivity contribution < 1.29 is 21.5 Å². The maximum absolute atomic E-state index is 4.33. The molecule has 0 unspecified atom stereocenters. The lowest BCUT2D eigenvalue weighted by molar-refractivity contribution is -0.603. The molecule has 0 aliphatic rings. The molecule has 2 heterocycles. The monoisotopic (exact) mass is 418 g/mol. The number of fused-ring (bicyclic) bond motifs is 2. The molecule has 0 saturated carbocycles. The Morgan fingerprint density at radius 2 is 1.77 bits per heavy atom. The number of aromatic nitrogens is 4. The number of hydrogen-bond acceptors (Lipinski definition) is 2. The molecular formula is C16H12Br2N4. The van der Waals surface area contributed by atoms with Crippen LogP contribution in [0.1, 0.15) is 5.56 Å². The van der Waals surface area contributed by atoms with Gasteiger partial charge in [-0.25, -0.2) is 0 Å². The van der Waals surface area contributed by atoms with Gasteiger partial charge in [0.05, 0.1) is 0 Å². The summed E-state index contributed by atoms with van der Waals surface area (Å²) in [5, 5.41) is 11.0. The van der Waals surface area contributed by atoms with Crippen molar-refractivity contribution in [2.75, 3.05) is 0 Å². The van der Waals surface area contributed by atoms with E-state index < -0.39 is 0 Å². The molecule has 22 heavy (non-hydrogen) atoms. The van der Waals surface area contributed by atoms with Crippen LogP contribution in [-0.2, 0) is 0 Å². The molecule has 2 aromatic heterocycles. The van der Waals surface area contributed by atoms with E-state index in [4.69, 9.17) is 0 Å². The summed E-state index contributed by atoms with van der Waals surface area (Å²) in [6.07, 6.45) is 2.07. The molecule has 0 amide bonds. The first kappa shape index (κ1) is 15.1. The summed E-state index contributed by atoms with van der Waals surface area (Å²) in [5.74, 6) is 0. The minimum absolute atomic E-state index is 0. The zero-order valence-electron chi connectivity index (χ0n) is 11.7. The fraction of sp³-hybridized carbons (Fsp3) is 0.0625. The number of aryl methyl sites for hydroxylation is 1. The first-order valence-electron chi connectivity index (χ1n) is 6.66. The van der Waals surface area contributed by atoms with Gasteiger partial charge < -0.3 is 17.0 Å². The smallest absolute Gasteiger partial charge is 0.333 e. The zero-order valence-corrected chi connectivity index (χ0v) is 14.9. The number of nitrogens with zero attached hydrogens (tertiary/aromatic N) is 4. The van der Waals surface area contributed by atoms with Crippen molar-refractivity contribution in [3.63, 3.8) is 0 Å². The molecule has 0 spiro atoms. The van der Waals surface area contributed by atoms with E-state index in [1.54, 1.807) is 4.80 Å². The molecule has 0 atom stereocenters. The molecule has 110 valence electrons. The summed E-state index contributed by atoms with van der Waals surface area (Å²) < 4.78 is 3.03. The van der Waals surface area contributed by atoms with Gasteiger partial charge in [-0.15, -0.1) is 4.52 Å². The van der Waals surface area contributed by atoms with Crippen molar-refractivity contribution in [2.24, 2.45) is 0 Å². The van der Waals surface area contributed by atoms with Crippen LogP contribution in [0.3, 0.4) is 0 Å². The number of rotatable bonds is 1. The summed E-state index contributed by atoms with van der Waals surface area (Å²) in [6.45, 7) is 2.08. The highest BCUT2D eigenvalue weighted by Gasteiger charge is 2.18. The van der Waals surface area contributed by atoms with E-state index in [-0.39, 0.29) is 17.0 Å². The molecule has 0 bridgehead atoms. The van der Waals surface area contributed by atoms with Crippen LogP contribution in [0.2, 0.25) is 0 Å². The van der Waals surface area contributed by atoms with Crippen molar-refractivity contribution in [1.82, 2.24) is 15.1 Å². The topological polar surface area (TPSA) is 34.8 Å². The van der Waals surface area contributed by atoms with Crippen LogP contribution in [0.5, 0.6) is 0 Å². The fourth-order valence-corrected chi connectivity index (χ4v) is 2.84. The maximum atomic E-state index is 4.33. The third-order valence-electron chi connectivity index (χ3n) is 3.66. The first-order chi connectivity index (χ1) is 10.2. The predicted molar refractivity (Wildman–Crippen MR) is 84.5 cm³/mol. The Hall–Kier alpha value is -1.79. The van der Waals surface area contributed by atoms with Gasteiger partial charge in [0, 0.05) is 15.4 Å². The summed E-state index contributed by atoms with van der Waals surface area (Å²) in [4.78, 5) is 1.81. The van der Waals surface area contributed by atoms with Gasteiger partial charge in [0.15, 0.2) is 5.21 Å². The lowest BCUT2D eigenvalue weighted by Gasteiger charge is -2.02. The number of halogens is 2. The Labute approximate surface area is 146 Å². The second-order valence-corrected chi connectivity index (χ2v) is 5.88. The summed E-state index contributed by atoms with van der Waals surface area (Å²) in [6, 6.07) is 16.3. The van der Waals surface area contributed by atoms with Gasteiger partial charge in [0.25, 0.3) is 0 Å². The standard InChI is InChI=1S/C16H12BrN4.BrH/c1-11-15-5-3-2-4-12(15)10-20-16(11)18-19-21(20)14-8-6-13(17)7-9-14;/h2-10H,1H3;1H/q+1;/p-1. The molecule has 4 nitrogen and oxygen atoms in total.